The summed E-state index contributed by atoms with van der Waals surface area (Å²) < 4.78 is 11.5. The van der Waals surface area contributed by atoms with Crippen LogP contribution in [0.1, 0.15) is 75.6 Å². The van der Waals surface area contributed by atoms with Gasteiger partial charge in [0, 0.05) is 19.6 Å². The summed E-state index contributed by atoms with van der Waals surface area (Å²) in [7, 11) is 0. The lowest BCUT2D eigenvalue weighted by molar-refractivity contribution is 0.910. The van der Waals surface area contributed by atoms with Crippen molar-refractivity contribution < 1.29 is 0 Å². The average Bonchev–Trinajstić information content (AvgIpc) is 3.87. The van der Waals surface area contributed by atoms with Crippen LogP contribution < -0.4 is 0 Å². The smallest absolute Gasteiger partial charge is 0.0551 e. The van der Waals surface area contributed by atoms with Gasteiger partial charge in [0.1, 0.15) is 0 Å². The highest BCUT2D eigenvalue weighted by molar-refractivity contribution is 8.37. The van der Waals surface area contributed by atoms with Crippen LogP contribution in [-0.4, -0.2) is 23.0 Å². The lowest BCUT2D eigenvalue weighted by Crippen LogP contribution is -1.84. The van der Waals surface area contributed by atoms with Crippen molar-refractivity contribution >= 4 is 165 Å². The molecule has 12 bridgehead atoms. The van der Waals surface area contributed by atoms with Gasteiger partial charge in [0.15, 0.2) is 0 Å². The molecule has 0 aromatic heterocycles. The van der Waals surface area contributed by atoms with E-state index in [1.807, 2.05) is 141 Å². The molecule has 2 aromatic rings. The Morgan fingerprint density at radius 2 is 0.519 bits per heavy atom. The van der Waals surface area contributed by atoms with Crippen molar-refractivity contribution in [2.24, 2.45) is 0 Å². The second kappa shape index (κ2) is 20.3. The molecular weight excluding hydrogens is 865 g/mol. The van der Waals surface area contributed by atoms with Crippen LogP contribution in [0.2, 0.25) is 0 Å². The molecule has 0 saturated carbocycles. The summed E-state index contributed by atoms with van der Waals surface area (Å²) in [6, 6.07) is 18.2. The Hall–Kier alpha value is 0.560. The standard InChI is InChI=1S/C40H40S12/c1-25-37-41-17-5-6-18-42-38-26(2)46-35(50-38)23-31-13-15-32(16-14-31)24-36-48-28(4)40(52-36)44-20-8-7-19-43-39-27(3)47-34(51-39)22-30-11-9-29(10-12-30)21-33(45-25)49-37/h9-16,21-24H,5-8,17-20H2,1-4H3/b33-21-,34-22+,35-23+,36-24-. The highest BCUT2D eigenvalue weighted by Crippen LogP contribution is 2.57. The summed E-state index contributed by atoms with van der Waals surface area (Å²) in [6.07, 6.45) is 14.4. The maximum Gasteiger partial charge on any atom is 0.0551 e. The van der Waals surface area contributed by atoms with Crippen molar-refractivity contribution in [2.75, 3.05) is 23.0 Å². The van der Waals surface area contributed by atoms with Crippen LogP contribution in [0.3, 0.4) is 0 Å². The highest BCUT2D eigenvalue weighted by atomic mass is 32.3. The summed E-state index contributed by atoms with van der Waals surface area (Å²) in [5.74, 6) is 4.75. The van der Waals surface area contributed by atoms with Gasteiger partial charge in [0.2, 0.25) is 0 Å². The molecule has 10 rings (SSSR count). The van der Waals surface area contributed by atoms with Gasteiger partial charge in [-0.3, -0.25) is 0 Å². The van der Waals surface area contributed by atoms with E-state index in [9.17, 15) is 0 Å². The number of hydrogen-bond donors (Lipinski definition) is 0. The normalized spacial score (nSPS) is 25.6. The van der Waals surface area contributed by atoms with Crippen LogP contribution >= 0.6 is 141 Å². The molecule has 0 atom stereocenters. The van der Waals surface area contributed by atoms with Gasteiger partial charge in [-0.15, -0.1) is 47.0 Å². The largest absolute Gasteiger partial charge is 0.118 e. The van der Waals surface area contributed by atoms with E-state index in [0.717, 1.165) is 0 Å². The predicted octanol–water partition coefficient (Wildman–Crippen LogP) is 17.8. The average molecular weight is 906 g/mol. The van der Waals surface area contributed by atoms with E-state index in [4.69, 9.17) is 0 Å². The minimum atomic E-state index is 1.19. The summed E-state index contributed by atoms with van der Waals surface area (Å²) in [4.78, 5) is 5.80. The van der Waals surface area contributed by atoms with Crippen molar-refractivity contribution in [2.45, 2.75) is 53.4 Å². The molecule has 0 amide bonds. The van der Waals surface area contributed by atoms with Gasteiger partial charge in [-0.1, -0.05) is 143 Å². The zero-order valence-electron chi connectivity index (χ0n) is 29.5. The lowest BCUT2D eigenvalue weighted by Gasteiger charge is -2.05. The van der Waals surface area contributed by atoms with Gasteiger partial charge >= 0.3 is 0 Å². The molecular formula is C40H40S12. The Kier molecular flexibility index (Phi) is 15.9. The van der Waals surface area contributed by atoms with E-state index in [-0.39, 0.29) is 0 Å². The van der Waals surface area contributed by atoms with Crippen molar-refractivity contribution in [3.63, 3.8) is 0 Å². The minimum absolute atomic E-state index is 1.19. The summed E-state index contributed by atoms with van der Waals surface area (Å²) in [6.45, 7) is 9.13. The van der Waals surface area contributed by atoms with Crippen LogP contribution in [-0.2, 0) is 0 Å². The van der Waals surface area contributed by atoms with Gasteiger partial charge in [-0.2, -0.15) is 0 Å². The van der Waals surface area contributed by atoms with E-state index < -0.39 is 0 Å². The number of thioether (sulfide) groups is 12. The van der Waals surface area contributed by atoms with Gasteiger partial charge in [0.25, 0.3) is 0 Å². The van der Waals surface area contributed by atoms with Crippen LogP contribution in [0, 0.1) is 0 Å². The van der Waals surface area contributed by atoms with Gasteiger partial charge in [-0.05, 0) is 123 Å². The van der Waals surface area contributed by atoms with Gasteiger partial charge in [-0.25, -0.2) is 0 Å². The fraction of sp³-hybridized carbons (Fsp3) is 0.300. The van der Waals surface area contributed by atoms with Crippen molar-refractivity contribution in [1.82, 2.24) is 0 Å². The number of allylic oxidation sites excluding steroid dienone is 4. The molecule has 52 heavy (non-hydrogen) atoms. The Balaban J connectivity index is 0.983. The zero-order chi connectivity index (χ0) is 35.9. The second-order valence-electron chi connectivity index (χ2n) is 12.2. The maximum absolute atomic E-state index is 2.36. The van der Waals surface area contributed by atoms with E-state index >= 15 is 0 Å². The number of benzene rings is 2. The van der Waals surface area contributed by atoms with E-state index in [2.05, 4.69) is 101 Å². The molecule has 2 aromatic carbocycles. The Morgan fingerprint density at radius 3 is 0.731 bits per heavy atom. The molecule has 0 unspecified atom stereocenters. The Labute approximate surface area is 362 Å². The molecule has 0 nitrogen and oxygen atoms in total. The van der Waals surface area contributed by atoms with Crippen LogP contribution in [0.5, 0.6) is 0 Å². The van der Waals surface area contributed by atoms with Crippen molar-refractivity contribution in [3.8, 4) is 0 Å². The second-order valence-corrected chi connectivity index (χ2v) is 27.9. The Bertz CT molecular complexity index is 1630. The van der Waals surface area contributed by atoms with Crippen LogP contribution in [0.15, 0.2) is 102 Å². The Morgan fingerprint density at radius 1 is 0.308 bits per heavy atom. The lowest BCUT2D eigenvalue weighted by atomic mass is 10.1. The molecule has 8 heterocycles. The molecule has 0 aliphatic carbocycles. The SMILES string of the molecule is CC1=C2SCCCCSC3=C(C)S/C(=C\c4ccc(cc4)/C=C4/SC(C)=C(SCCCCSC5=C(C)S/C(=C\c6ccc(cc6)/C=C(/S1)S2)S5)S4)S3. The molecule has 8 aliphatic rings. The molecule has 0 radical (unpaired) electrons. The molecule has 272 valence electrons. The van der Waals surface area contributed by atoms with Crippen LogP contribution in [0.4, 0.5) is 0 Å². The van der Waals surface area contributed by atoms with Crippen molar-refractivity contribution in [3.05, 3.63) is 124 Å². The minimum Gasteiger partial charge on any atom is -0.118 e. The summed E-state index contributed by atoms with van der Waals surface area (Å²) >= 11 is 23.7. The third-order valence-corrected chi connectivity index (χ3v) is 24.2. The summed E-state index contributed by atoms with van der Waals surface area (Å²) in [5, 5.41) is 0. The van der Waals surface area contributed by atoms with Crippen LogP contribution in [0.25, 0.3) is 24.3 Å². The van der Waals surface area contributed by atoms with Crippen molar-refractivity contribution in [1.29, 1.82) is 0 Å². The number of rotatable bonds is 0. The fourth-order valence-corrected chi connectivity index (χ4v) is 21.6. The first-order valence-corrected chi connectivity index (χ1v) is 27.7. The zero-order valence-corrected chi connectivity index (χ0v) is 39.3. The molecule has 0 spiro atoms. The quantitative estimate of drug-likeness (QED) is 0.247. The third kappa shape index (κ3) is 11.8. The van der Waals surface area contributed by atoms with E-state index in [1.54, 1.807) is 0 Å². The first-order valence-electron chi connectivity index (χ1n) is 17.2. The van der Waals surface area contributed by atoms with Gasteiger partial charge in [0.05, 0.1) is 33.9 Å². The predicted molar refractivity (Wildman–Crippen MR) is 265 cm³/mol. The van der Waals surface area contributed by atoms with E-state index in [1.165, 1.54) is 124 Å². The third-order valence-electron chi connectivity index (χ3n) is 7.96. The molecule has 12 heteroatoms. The molecule has 0 fully saturated rings. The highest BCUT2D eigenvalue weighted by Gasteiger charge is 2.22. The monoisotopic (exact) mass is 904 g/mol. The topological polar surface area (TPSA) is 0 Å². The summed E-state index contributed by atoms with van der Waals surface area (Å²) in [5.41, 5.74) is 5.13. The maximum atomic E-state index is 2.36. The number of hydrogen-bond acceptors (Lipinski definition) is 12. The molecule has 8 aliphatic heterocycles. The van der Waals surface area contributed by atoms with Gasteiger partial charge < -0.3 is 0 Å². The molecule has 0 N–H and O–H groups in total. The fourth-order valence-electron chi connectivity index (χ4n) is 5.26. The molecule has 0 saturated heterocycles. The first kappa shape index (κ1) is 40.7. The van der Waals surface area contributed by atoms with E-state index in [0.29, 0.717) is 0 Å². The first-order chi connectivity index (χ1) is 25.3.